The summed E-state index contributed by atoms with van der Waals surface area (Å²) in [5.74, 6) is -0.922. The van der Waals surface area contributed by atoms with E-state index in [-0.39, 0.29) is 24.3 Å². The minimum atomic E-state index is -0.322. The van der Waals surface area contributed by atoms with Gasteiger partial charge < -0.3 is 5.32 Å². The second kappa shape index (κ2) is 7.53. The van der Waals surface area contributed by atoms with Crippen molar-refractivity contribution in [2.24, 2.45) is 0 Å². The predicted octanol–water partition coefficient (Wildman–Crippen LogP) is 4.70. The fraction of sp³-hybridized carbons (Fsp3) is 0.0870. The highest BCUT2D eigenvalue weighted by Gasteiger charge is 2.34. The zero-order valence-electron chi connectivity index (χ0n) is 15.6. The van der Waals surface area contributed by atoms with Gasteiger partial charge in [-0.3, -0.25) is 19.3 Å². The van der Waals surface area contributed by atoms with Gasteiger partial charge in [0.2, 0.25) is 0 Å². The lowest BCUT2D eigenvalue weighted by atomic mass is 10.1. The Morgan fingerprint density at radius 2 is 1.62 bits per heavy atom. The van der Waals surface area contributed by atoms with E-state index in [1.807, 2.05) is 6.92 Å². The number of benzene rings is 3. The molecule has 0 fully saturated rings. The number of rotatable bonds is 4. The van der Waals surface area contributed by atoms with Crippen LogP contribution in [0.3, 0.4) is 0 Å². The van der Waals surface area contributed by atoms with Crippen molar-refractivity contribution in [3.63, 3.8) is 0 Å². The number of amides is 3. The number of imide groups is 1. The van der Waals surface area contributed by atoms with E-state index in [0.29, 0.717) is 33.0 Å². The Bertz CT molecular complexity index is 1120. The highest BCUT2D eigenvalue weighted by atomic mass is 35.5. The van der Waals surface area contributed by atoms with E-state index in [1.54, 1.807) is 66.7 Å². The minimum absolute atomic E-state index is 0.105. The average molecular weight is 405 g/mol. The third-order valence-corrected chi connectivity index (χ3v) is 5.08. The van der Waals surface area contributed by atoms with Crippen LogP contribution in [0.15, 0.2) is 66.7 Å². The average Bonchev–Trinajstić information content (AvgIpc) is 2.95. The van der Waals surface area contributed by atoms with Gasteiger partial charge in [0.05, 0.1) is 17.7 Å². The van der Waals surface area contributed by atoms with Crippen LogP contribution in [0.5, 0.6) is 0 Å². The normalized spacial score (nSPS) is 12.8. The maximum atomic E-state index is 12.7. The number of hydrogen-bond acceptors (Lipinski definition) is 3. The molecular weight excluding hydrogens is 388 g/mol. The van der Waals surface area contributed by atoms with E-state index in [1.165, 1.54) is 4.90 Å². The maximum absolute atomic E-state index is 12.7. The van der Waals surface area contributed by atoms with Crippen LogP contribution >= 0.6 is 11.6 Å². The van der Waals surface area contributed by atoms with E-state index in [9.17, 15) is 14.4 Å². The van der Waals surface area contributed by atoms with E-state index in [0.717, 1.165) is 5.56 Å². The Kier molecular flexibility index (Phi) is 4.91. The lowest BCUT2D eigenvalue weighted by Crippen LogP contribution is -2.29. The van der Waals surface area contributed by atoms with Crippen LogP contribution in [-0.2, 0) is 6.54 Å². The lowest BCUT2D eigenvalue weighted by Gasteiger charge is -2.15. The lowest BCUT2D eigenvalue weighted by molar-refractivity contribution is 0.0642. The zero-order valence-corrected chi connectivity index (χ0v) is 16.4. The molecule has 0 radical (unpaired) electrons. The van der Waals surface area contributed by atoms with Gasteiger partial charge in [-0.2, -0.15) is 0 Å². The van der Waals surface area contributed by atoms with E-state index in [2.05, 4.69) is 5.32 Å². The third-order valence-electron chi connectivity index (χ3n) is 4.84. The van der Waals surface area contributed by atoms with Gasteiger partial charge in [0, 0.05) is 16.3 Å². The Labute approximate surface area is 172 Å². The van der Waals surface area contributed by atoms with Crippen LogP contribution in [0.2, 0.25) is 5.02 Å². The molecule has 3 amide bonds. The number of nitrogens with zero attached hydrogens (tertiary/aromatic N) is 1. The molecule has 1 N–H and O–H groups in total. The molecule has 3 aromatic rings. The molecule has 0 spiro atoms. The van der Waals surface area contributed by atoms with Gasteiger partial charge in [-0.25, -0.2) is 0 Å². The van der Waals surface area contributed by atoms with E-state index >= 15 is 0 Å². The van der Waals surface area contributed by atoms with Crippen LogP contribution in [0, 0.1) is 6.92 Å². The minimum Gasteiger partial charge on any atom is -0.322 e. The SMILES string of the molecule is Cc1cc(Cl)ccc1NC(=O)c1cccc(CN2C(=O)c3ccccc3C2=O)c1. The molecule has 1 aliphatic heterocycles. The van der Waals surface area contributed by atoms with Crippen molar-refractivity contribution in [1.29, 1.82) is 0 Å². The van der Waals surface area contributed by atoms with Crippen LogP contribution < -0.4 is 5.32 Å². The standard InChI is InChI=1S/C23H17ClN2O3/c1-14-11-17(24)9-10-20(14)25-21(27)16-6-4-5-15(12-16)13-26-22(28)18-7-2-3-8-19(18)23(26)29/h2-12H,13H2,1H3,(H,25,27). The molecule has 4 rings (SSSR count). The van der Waals surface area contributed by atoms with Gasteiger partial charge in [-0.1, -0.05) is 35.9 Å². The largest absolute Gasteiger partial charge is 0.322 e. The zero-order chi connectivity index (χ0) is 20.5. The van der Waals surface area contributed by atoms with Crippen LogP contribution in [0.25, 0.3) is 0 Å². The highest BCUT2D eigenvalue weighted by Crippen LogP contribution is 2.25. The summed E-state index contributed by atoms with van der Waals surface area (Å²) in [4.78, 5) is 39.0. The quantitative estimate of drug-likeness (QED) is 0.641. The van der Waals surface area contributed by atoms with Crippen molar-refractivity contribution in [2.45, 2.75) is 13.5 Å². The van der Waals surface area contributed by atoms with Crippen molar-refractivity contribution in [2.75, 3.05) is 5.32 Å². The van der Waals surface area contributed by atoms with Crippen molar-refractivity contribution in [1.82, 2.24) is 4.90 Å². The van der Waals surface area contributed by atoms with E-state index in [4.69, 9.17) is 11.6 Å². The summed E-state index contributed by atoms with van der Waals surface area (Å²) in [6.07, 6.45) is 0. The number of carbonyl (C=O) groups excluding carboxylic acids is 3. The Morgan fingerprint density at radius 3 is 2.28 bits per heavy atom. The second-order valence-corrected chi connectivity index (χ2v) is 7.29. The molecule has 0 bridgehead atoms. The molecule has 0 aliphatic carbocycles. The topological polar surface area (TPSA) is 66.5 Å². The van der Waals surface area contributed by atoms with Crippen LogP contribution in [0.4, 0.5) is 5.69 Å². The summed E-state index contributed by atoms with van der Waals surface area (Å²) in [5.41, 5.74) is 3.47. The number of aryl methyl sites for hydroxylation is 1. The molecule has 0 unspecified atom stereocenters. The summed E-state index contributed by atoms with van der Waals surface area (Å²) < 4.78 is 0. The fourth-order valence-corrected chi connectivity index (χ4v) is 3.56. The first kappa shape index (κ1) is 18.9. The number of halogens is 1. The van der Waals surface area contributed by atoms with Crippen molar-refractivity contribution in [3.8, 4) is 0 Å². The summed E-state index contributed by atoms with van der Waals surface area (Å²) in [6, 6.07) is 18.9. The first-order valence-electron chi connectivity index (χ1n) is 9.06. The first-order valence-corrected chi connectivity index (χ1v) is 9.43. The van der Waals surface area contributed by atoms with Gasteiger partial charge >= 0.3 is 0 Å². The summed E-state index contributed by atoms with van der Waals surface area (Å²) in [7, 11) is 0. The van der Waals surface area contributed by atoms with Gasteiger partial charge in [-0.05, 0) is 60.5 Å². The monoisotopic (exact) mass is 404 g/mol. The van der Waals surface area contributed by atoms with Gasteiger partial charge in [-0.15, -0.1) is 0 Å². The number of carbonyl (C=O) groups is 3. The summed E-state index contributed by atoms with van der Waals surface area (Å²) in [5, 5.41) is 3.46. The van der Waals surface area contributed by atoms with Crippen molar-refractivity contribution in [3.05, 3.63) is 99.6 Å². The molecule has 0 atom stereocenters. The van der Waals surface area contributed by atoms with Crippen molar-refractivity contribution >= 4 is 35.0 Å². The predicted molar refractivity (Wildman–Crippen MR) is 111 cm³/mol. The number of hydrogen-bond donors (Lipinski definition) is 1. The van der Waals surface area contributed by atoms with Gasteiger partial charge in [0.1, 0.15) is 0 Å². The third kappa shape index (κ3) is 3.65. The van der Waals surface area contributed by atoms with Gasteiger partial charge in [0.15, 0.2) is 0 Å². The maximum Gasteiger partial charge on any atom is 0.261 e. The Hall–Kier alpha value is -3.44. The second-order valence-electron chi connectivity index (χ2n) is 6.86. The molecule has 5 nitrogen and oxygen atoms in total. The number of anilines is 1. The molecule has 3 aromatic carbocycles. The molecule has 0 saturated carbocycles. The summed E-state index contributed by atoms with van der Waals surface area (Å²) in [6.45, 7) is 1.97. The summed E-state index contributed by atoms with van der Waals surface area (Å²) >= 11 is 5.96. The molecule has 144 valence electrons. The number of nitrogens with one attached hydrogen (secondary N) is 1. The first-order chi connectivity index (χ1) is 13.9. The molecule has 1 heterocycles. The molecule has 6 heteroatoms. The van der Waals surface area contributed by atoms with Gasteiger partial charge in [0.25, 0.3) is 17.7 Å². The smallest absolute Gasteiger partial charge is 0.261 e. The molecule has 0 saturated heterocycles. The Morgan fingerprint density at radius 1 is 0.931 bits per heavy atom. The highest BCUT2D eigenvalue weighted by molar-refractivity contribution is 6.30. The number of fused-ring (bicyclic) bond motifs is 1. The molecule has 1 aliphatic rings. The van der Waals surface area contributed by atoms with Crippen molar-refractivity contribution < 1.29 is 14.4 Å². The molecular formula is C23H17ClN2O3. The molecule has 0 aromatic heterocycles. The van der Waals surface area contributed by atoms with E-state index < -0.39 is 0 Å². The Balaban J connectivity index is 1.53. The van der Waals surface area contributed by atoms with Crippen LogP contribution in [-0.4, -0.2) is 22.6 Å². The fourth-order valence-electron chi connectivity index (χ4n) is 3.34. The molecule has 29 heavy (non-hydrogen) atoms. The van der Waals surface area contributed by atoms with Crippen LogP contribution in [0.1, 0.15) is 42.2 Å².